The van der Waals surface area contributed by atoms with Crippen LogP contribution in [0.3, 0.4) is 0 Å². The van der Waals surface area contributed by atoms with Crippen molar-refractivity contribution in [1.29, 1.82) is 0 Å². The van der Waals surface area contributed by atoms with E-state index < -0.39 is 0 Å². The maximum Gasteiger partial charge on any atom is 0.197 e. The van der Waals surface area contributed by atoms with Gasteiger partial charge in [-0.25, -0.2) is 4.99 Å². The van der Waals surface area contributed by atoms with Gasteiger partial charge in [-0.1, -0.05) is 0 Å². The molecule has 0 saturated carbocycles. The zero-order valence-electron chi connectivity index (χ0n) is 5.36. The summed E-state index contributed by atoms with van der Waals surface area (Å²) in [5.74, 6) is 0. The Hall–Kier alpha value is -1.29. The Balaban J connectivity index is 2.20. The van der Waals surface area contributed by atoms with Crippen LogP contribution in [-0.2, 0) is 0 Å². The molecule has 0 aromatic carbocycles. The summed E-state index contributed by atoms with van der Waals surface area (Å²) in [6, 6.07) is 3.94. The maximum absolute atomic E-state index is 4.09. The molecule has 1 atom stereocenters. The molecule has 1 unspecified atom stereocenters. The van der Waals surface area contributed by atoms with Crippen LogP contribution < -0.4 is 10.9 Å². The van der Waals surface area contributed by atoms with E-state index in [1.165, 1.54) is 0 Å². The molecule has 0 saturated heterocycles. The second-order valence-electron chi connectivity index (χ2n) is 2.07. The molecule has 0 bridgehead atoms. The lowest BCUT2D eigenvalue weighted by Crippen LogP contribution is -2.28. The largest absolute Gasteiger partial charge is 0.319 e. The summed E-state index contributed by atoms with van der Waals surface area (Å²) < 4.78 is 1.97. The second kappa shape index (κ2) is 2.15. The minimum absolute atomic E-state index is 0.0231. The first-order valence-corrected chi connectivity index (χ1v) is 3.12. The van der Waals surface area contributed by atoms with Crippen LogP contribution in [0, 0.1) is 0 Å². The van der Waals surface area contributed by atoms with Crippen LogP contribution in [0.25, 0.3) is 0 Å². The van der Waals surface area contributed by atoms with Crippen molar-refractivity contribution in [2.75, 3.05) is 0 Å². The zero-order valence-corrected chi connectivity index (χ0v) is 5.36. The van der Waals surface area contributed by atoms with Crippen LogP contribution in [0.5, 0.6) is 0 Å². The predicted octanol–water partition coefficient (Wildman–Crippen LogP) is 0.0803. The van der Waals surface area contributed by atoms with Gasteiger partial charge in [-0.3, -0.25) is 0 Å². The third-order valence-electron chi connectivity index (χ3n) is 1.40. The van der Waals surface area contributed by atoms with Crippen LogP contribution >= 0.6 is 0 Å². The Bertz CT molecular complexity index is 226. The van der Waals surface area contributed by atoms with Gasteiger partial charge in [-0.15, -0.1) is 0 Å². The molecule has 52 valence electrons. The van der Waals surface area contributed by atoms with Crippen LogP contribution in [0.2, 0.25) is 0 Å². The van der Waals surface area contributed by atoms with Crippen LogP contribution in [-0.4, -0.2) is 10.9 Å². The van der Waals surface area contributed by atoms with E-state index in [1.807, 2.05) is 29.1 Å². The highest BCUT2D eigenvalue weighted by Crippen LogP contribution is 2.04. The predicted molar refractivity (Wildman–Crippen MR) is 38.2 cm³/mol. The van der Waals surface area contributed by atoms with Gasteiger partial charge in [-0.2, -0.15) is 5.43 Å². The van der Waals surface area contributed by atoms with Crippen LogP contribution in [0.1, 0.15) is 6.29 Å². The molecule has 0 radical (unpaired) electrons. The summed E-state index contributed by atoms with van der Waals surface area (Å²) in [7, 11) is 0. The van der Waals surface area contributed by atoms with Crippen molar-refractivity contribution in [3.8, 4) is 0 Å². The Morgan fingerprint density at radius 1 is 1.30 bits per heavy atom. The van der Waals surface area contributed by atoms with Crippen molar-refractivity contribution in [3.63, 3.8) is 0 Å². The van der Waals surface area contributed by atoms with E-state index >= 15 is 0 Å². The molecule has 1 aromatic heterocycles. The number of aliphatic imine (C=N–C) groups is 1. The minimum Gasteiger partial charge on any atom is -0.319 e. The Morgan fingerprint density at radius 2 is 2.10 bits per heavy atom. The lowest BCUT2D eigenvalue weighted by molar-refractivity contribution is 0.435. The third kappa shape index (κ3) is 0.784. The molecule has 10 heavy (non-hydrogen) atoms. The molecule has 0 spiro atoms. The number of rotatable bonds is 1. The molecule has 1 aliphatic rings. The van der Waals surface area contributed by atoms with E-state index in [0.717, 1.165) is 0 Å². The molecule has 4 heteroatoms. The van der Waals surface area contributed by atoms with Gasteiger partial charge < -0.3 is 9.99 Å². The molecular formula is C6H8N4. The Kier molecular flexibility index (Phi) is 1.18. The molecule has 0 amide bonds. The second-order valence-corrected chi connectivity index (χ2v) is 2.07. The summed E-state index contributed by atoms with van der Waals surface area (Å²) in [4.78, 5) is 4.09. The standard InChI is InChI=1S/C6H8N4/c1-2-4-10(3-1)6-7-5-8-9-6/h1-6,9H,(H,7,8). The minimum atomic E-state index is 0.0231. The number of hydrogen-bond donors (Lipinski definition) is 2. The highest BCUT2D eigenvalue weighted by Gasteiger charge is 2.07. The average Bonchev–Trinajstić information content (AvgIpc) is 2.59. The van der Waals surface area contributed by atoms with E-state index in [9.17, 15) is 0 Å². The van der Waals surface area contributed by atoms with Gasteiger partial charge in [0.1, 0.15) is 6.34 Å². The van der Waals surface area contributed by atoms with Crippen molar-refractivity contribution >= 4 is 6.34 Å². The molecular weight excluding hydrogens is 128 g/mol. The SMILES string of the molecule is C1=NC(n2cccc2)NN1. The lowest BCUT2D eigenvalue weighted by atomic mass is 10.7. The summed E-state index contributed by atoms with van der Waals surface area (Å²) in [5.41, 5.74) is 5.75. The Morgan fingerprint density at radius 3 is 2.70 bits per heavy atom. The van der Waals surface area contributed by atoms with Crippen molar-refractivity contribution < 1.29 is 0 Å². The van der Waals surface area contributed by atoms with Crippen LogP contribution in [0.15, 0.2) is 29.5 Å². The normalized spacial score (nSPS) is 23.0. The quantitative estimate of drug-likeness (QED) is 0.574. The number of hydrazine groups is 1. The Labute approximate surface area is 58.5 Å². The average molecular weight is 136 g/mol. The van der Waals surface area contributed by atoms with E-state index in [1.54, 1.807) is 6.34 Å². The number of aromatic nitrogens is 1. The van der Waals surface area contributed by atoms with E-state index in [2.05, 4.69) is 15.8 Å². The van der Waals surface area contributed by atoms with Gasteiger partial charge in [0.2, 0.25) is 0 Å². The third-order valence-corrected chi connectivity index (χ3v) is 1.40. The number of hydrogen-bond acceptors (Lipinski definition) is 3. The van der Waals surface area contributed by atoms with Crippen molar-refractivity contribution in [3.05, 3.63) is 24.5 Å². The van der Waals surface area contributed by atoms with Crippen LogP contribution in [0.4, 0.5) is 0 Å². The molecule has 1 aliphatic heterocycles. The maximum atomic E-state index is 4.09. The van der Waals surface area contributed by atoms with Gasteiger partial charge in [0.05, 0.1) is 0 Å². The summed E-state index contributed by atoms with van der Waals surface area (Å²) in [6.07, 6.45) is 5.59. The first kappa shape index (κ1) is 5.49. The summed E-state index contributed by atoms with van der Waals surface area (Å²) in [5, 5.41) is 0. The zero-order chi connectivity index (χ0) is 6.81. The van der Waals surface area contributed by atoms with Gasteiger partial charge in [0, 0.05) is 12.4 Å². The molecule has 4 nitrogen and oxygen atoms in total. The molecule has 0 aliphatic carbocycles. The molecule has 2 heterocycles. The van der Waals surface area contributed by atoms with Crippen molar-refractivity contribution in [1.82, 2.24) is 15.4 Å². The van der Waals surface area contributed by atoms with Gasteiger partial charge in [-0.05, 0) is 12.1 Å². The van der Waals surface area contributed by atoms with Gasteiger partial charge in [0.15, 0.2) is 6.29 Å². The van der Waals surface area contributed by atoms with Gasteiger partial charge >= 0.3 is 0 Å². The monoisotopic (exact) mass is 136 g/mol. The summed E-state index contributed by atoms with van der Waals surface area (Å²) >= 11 is 0. The van der Waals surface area contributed by atoms with E-state index in [-0.39, 0.29) is 6.29 Å². The fourth-order valence-electron chi connectivity index (χ4n) is 0.919. The van der Waals surface area contributed by atoms with E-state index in [0.29, 0.717) is 0 Å². The smallest absolute Gasteiger partial charge is 0.197 e. The fraction of sp³-hybridized carbons (Fsp3) is 0.167. The topological polar surface area (TPSA) is 41.4 Å². The molecule has 0 fully saturated rings. The molecule has 1 aromatic rings. The first-order chi connectivity index (χ1) is 4.97. The molecule has 2 rings (SSSR count). The van der Waals surface area contributed by atoms with Crippen molar-refractivity contribution in [2.45, 2.75) is 6.29 Å². The van der Waals surface area contributed by atoms with Crippen molar-refractivity contribution in [2.24, 2.45) is 4.99 Å². The number of nitrogens with zero attached hydrogens (tertiary/aromatic N) is 2. The summed E-state index contributed by atoms with van der Waals surface area (Å²) in [6.45, 7) is 0. The van der Waals surface area contributed by atoms with E-state index in [4.69, 9.17) is 0 Å². The highest BCUT2D eigenvalue weighted by atomic mass is 15.5. The van der Waals surface area contributed by atoms with Gasteiger partial charge in [0.25, 0.3) is 0 Å². The highest BCUT2D eigenvalue weighted by molar-refractivity contribution is 5.55. The fourth-order valence-corrected chi connectivity index (χ4v) is 0.919. The number of nitrogens with one attached hydrogen (secondary N) is 2. The molecule has 2 N–H and O–H groups in total. The lowest BCUT2D eigenvalue weighted by Gasteiger charge is -2.07. The first-order valence-electron chi connectivity index (χ1n) is 3.12.